The van der Waals surface area contributed by atoms with Gasteiger partial charge in [0.2, 0.25) is 5.91 Å². The van der Waals surface area contributed by atoms with Crippen LogP contribution in [0.4, 0.5) is 13.2 Å². The van der Waals surface area contributed by atoms with Crippen molar-refractivity contribution in [2.75, 3.05) is 39.3 Å². The van der Waals surface area contributed by atoms with Crippen LogP contribution in [0.1, 0.15) is 72.0 Å². The number of rotatable bonds is 16. The highest BCUT2D eigenvalue weighted by Gasteiger charge is 2.41. The summed E-state index contributed by atoms with van der Waals surface area (Å²) in [4.78, 5) is 42.2. The predicted molar refractivity (Wildman–Crippen MR) is 213 cm³/mol. The lowest BCUT2D eigenvalue weighted by molar-refractivity contribution is -0.189. The summed E-state index contributed by atoms with van der Waals surface area (Å²) < 4.78 is 48.1. The van der Waals surface area contributed by atoms with Crippen LogP contribution in [0, 0.1) is 11.8 Å². The molecule has 4 aromatic carbocycles. The van der Waals surface area contributed by atoms with Crippen molar-refractivity contribution >= 4 is 17.8 Å². The molecule has 0 spiro atoms. The summed E-state index contributed by atoms with van der Waals surface area (Å²) in [7, 11) is 0. The molecular formula is C46H52F3N3O5. The molecule has 2 fully saturated rings. The zero-order valence-corrected chi connectivity index (χ0v) is 32.4. The highest BCUT2D eigenvalue weighted by atomic mass is 19.4. The molecular weight excluding hydrogens is 732 g/mol. The first kappa shape index (κ1) is 41.6. The second-order valence-electron chi connectivity index (χ2n) is 15.2. The first-order valence-electron chi connectivity index (χ1n) is 20.1. The molecule has 2 aliphatic rings. The minimum absolute atomic E-state index is 0.0555. The largest absolute Gasteiger partial charge is 0.491 e. The fourth-order valence-corrected chi connectivity index (χ4v) is 7.74. The monoisotopic (exact) mass is 783 g/mol. The fourth-order valence-electron chi connectivity index (χ4n) is 7.74. The molecule has 2 aliphatic heterocycles. The van der Waals surface area contributed by atoms with E-state index in [1.807, 2.05) is 83.8 Å². The minimum atomic E-state index is -5.09. The number of ether oxygens (including phenoxy) is 2. The molecule has 0 atom stereocenters. The molecule has 2 amide bonds. The van der Waals surface area contributed by atoms with Crippen molar-refractivity contribution in [3.05, 3.63) is 125 Å². The topological polar surface area (TPSA) is 88.2 Å². The molecule has 0 unspecified atom stereocenters. The average molecular weight is 784 g/mol. The number of alkyl halides is 3. The van der Waals surface area contributed by atoms with Crippen LogP contribution in [0.2, 0.25) is 0 Å². The first-order valence-corrected chi connectivity index (χ1v) is 20.1. The third kappa shape index (κ3) is 12.8. The second kappa shape index (κ2) is 20.4. The van der Waals surface area contributed by atoms with Gasteiger partial charge in [0.15, 0.2) is 0 Å². The minimum Gasteiger partial charge on any atom is -0.420 e. The number of amides is 2. The summed E-state index contributed by atoms with van der Waals surface area (Å²) in [5, 5.41) is 3.45. The van der Waals surface area contributed by atoms with Gasteiger partial charge < -0.3 is 24.6 Å². The summed E-state index contributed by atoms with van der Waals surface area (Å²) in [5.74, 6) is -1.12. The number of hydrogen-bond donors (Lipinski definition) is 1. The molecule has 2 heterocycles. The molecule has 4 aromatic rings. The summed E-state index contributed by atoms with van der Waals surface area (Å²) >= 11 is 0. The number of halogens is 3. The number of carbonyl (C=O) groups is 3. The molecule has 57 heavy (non-hydrogen) atoms. The Morgan fingerprint density at radius 1 is 0.737 bits per heavy atom. The number of piperidine rings is 2. The maximum atomic E-state index is 13.7. The van der Waals surface area contributed by atoms with Crippen molar-refractivity contribution in [1.29, 1.82) is 0 Å². The van der Waals surface area contributed by atoms with E-state index in [0.717, 1.165) is 72.8 Å². The van der Waals surface area contributed by atoms with Gasteiger partial charge in [-0.3, -0.25) is 9.59 Å². The SMILES string of the molecule is O=C(COCc1ccccc1)N(CCc1ccc(OC(=O)C(F)(F)F)cc1)Cc1cccc(-c2cccc(C(=O)N3CCC(CCCC4CCNCC4)CC3)c2)c1. The second-order valence-corrected chi connectivity index (χ2v) is 15.2. The van der Waals surface area contributed by atoms with Gasteiger partial charge in [-0.05, 0) is 115 Å². The van der Waals surface area contributed by atoms with Crippen molar-refractivity contribution in [3.63, 3.8) is 0 Å². The van der Waals surface area contributed by atoms with E-state index in [9.17, 15) is 27.6 Å². The molecule has 0 saturated carbocycles. The van der Waals surface area contributed by atoms with Gasteiger partial charge in [-0.2, -0.15) is 13.2 Å². The smallest absolute Gasteiger partial charge is 0.420 e. The van der Waals surface area contributed by atoms with E-state index in [0.29, 0.717) is 24.4 Å². The first-order chi connectivity index (χ1) is 27.6. The van der Waals surface area contributed by atoms with Crippen LogP contribution in [-0.2, 0) is 33.9 Å². The van der Waals surface area contributed by atoms with Crippen LogP contribution in [0.3, 0.4) is 0 Å². The molecule has 302 valence electrons. The molecule has 0 radical (unpaired) electrons. The molecule has 6 rings (SSSR count). The number of benzene rings is 4. The summed E-state index contributed by atoms with van der Waals surface area (Å²) in [6.07, 6.45) is 3.84. The Morgan fingerprint density at radius 2 is 1.39 bits per heavy atom. The number of carbonyl (C=O) groups excluding carboxylic acids is 3. The van der Waals surface area contributed by atoms with Crippen molar-refractivity contribution < 1.29 is 37.0 Å². The van der Waals surface area contributed by atoms with E-state index in [4.69, 9.17) is 4.74 Å². The van der Waals surface area contributed by atoms with E-state index in [1.54, 1.807) is 17.0 Å². The van der Waals surface area contributed by atoms with Crippen LogP contribution >= 0.6 is 0 Å². The third-order valence-corrected chi connectivity index (χ3v) is 11.1. The standard InChI is InChI=1S/C46H52F3N3O5/c47-46(48,49)45(55)57-42-17-15-36(16-18-42)23-28-52(43(53)33-56-32-37-7-2-1-3-8-37)31-38-11-5-12-39(29-38)40-13-6-14-41(30-40)44(54)51-26-21-35(22-27-51)10-4-9-34-19-24-50-25-20-34/h1-3,5-8,11-18,29-30,34-35,50H,4,9-10,19-28,31-33H2. The van der Waals surface area contributed by atoms with Gasteiger partial charge in [0.25, 0.3) is 5.91 Å². The van der Waals surface area contributed by atoms with E-state index < -0.39 is 12.1 Å². The molecule has 11 heteroatoms. The number of esters is 1. The van der Waals surface area contributed by atoms with Gasteiger partial charge in [0.05, 0.1) is 6.61 Å². The van der Waals surface area contributed by atoms with Crippen molar-refractivity contribution in [1.82, 2.24) is 15.1 Å². The molecule has 8 nitrogen and oxygen atoms in total. The van der Waals surface area contributed by atoms with Crippen LogP contribution in [0.25, 0.3) is 11.1 Å². The van der Waals surface area contributed by atoms with Crippen molar-refractivity contribution in [2.45, 2.75) is 70.7 Å². The molecule has 0 aromatic heterocycles. The summed E-state index contributed by atoms with van der Waals surface area (Å²) in [6.45, 7) is 4.59. The Labute approximate surface area is 333 Å². The molecule has 0 bridgehead atoms. The van der Waals surface area contributed by atoms with E-state index in [2.05, 4.69) is 10.1 Å². The maximum Gasteiger partial charge on any atom is 0.491 e. The van der Waals surface area contributed by atoms with E-state index in [-0.39, 0.29) is 37.3 Å². The van der Waals surface area contributed by atoms with Crippen molar-refractivity contribution in [2.24, 2.45) is 11.8 Å². The van der Waals surface area contributed by atoms with Gasteiger partial charge in [-0.15, -0.1) is 0 Å². The average Bonchev–Trinajstić information content (AvgIpc) is 3.23. The fraction of sp³-hybridized carbons (Fsp3) is 0.413. The predicted octanol–water partition coefficient (Wildman–Crippen LogP) is 8.63. The van der Waals surface area contributed by atoms with Gasteiger partial charge >= 0.3 is 12.1 Å². The lowest BCUT2D eigenvalue weighted by Gasteiger charge is -2.32. The van der Waals surface area contributed by atoms with Gasteiger partial charge in [0, 0.05) is 31.7 Å². The van der Waals surface area contributed by atoms with Crippen molar-refractivity contribution in [3.8, 4) is 16.9 Å². The lowest BCUT2D eigenvalue weighted by Crippen LogP contribution is -2.38. The van der Waals surface area contributed by atoms with Gasteiger partial charge in [-0.1, -0.05) is 92.1 Å². The van der Waals surface area contributed by atoms with E-state index >= 15 is 0 Å². The normalized spacial score (nSPS) is 15.3. The zero-order valence-electron chi connectivity index (χ0n) is 32.4. The van der Waals surface area contributed by atoms with Crippen LogP contribution < -0.4 is 10.1 Å². The third-order valence-electron chi connectivity index (χ3n) is 11.1. The quantitative estimate of drug-likeness (QED) is 0.0905. The van der Waals surface area contributed by atoms with Crippen LogP contribution in [-0.4, -0.2) is 73.1 Å². The highest BCUT2D eigenvalue weighted by Crippen LogP contribution is 2.28. The Hall–Kier alpha value is -5.00. The summed E-state index contributed by atoms with van der Waals surface area (Å²) in [5.41, 5.74) is 5.07. The molecule has 0 aliphatic carbocycles. The Morgan fingerprint density at radius 3 is 2.09 bits per heavy atom. The maximum absolute atomic E-state index is 13.7. The number of nitrogens with zero attached hydrogens (tertiary/aromatic N) is 2. The molecule has 1 N–H and O–H groups in total. The van der Waals surface area contributed by atoms with Crippen LogP contribution in [0.5, 0.6) is 5.75 Å². The lowest BCUT2D eigenvalue weighted by atomic mass is 9.87. The number of likely N-dealkylation sites (tertiary alicyclic amines) is 1. The molecule has 2 saturated heterocycles. The zero-order chi connectivity index (χ0) is 40.0. The van der Waals surface area contributed by atoms with E-state index in [1.165, 1.54) is 44.2 Å². The Bertz CT molecular complexity index is 1910. The van der Waals surface area contributed by atoms with Gasteiger partial charge in [0.1, 0.15) is 12.4 Å². The highest BCUT2D eigenvalue weighted by molar-refractivity contribution is 5.95. The number of nitrogens with one attached hydrogen (secondary N) is 1. The van der Waals surface area contributed by atoms with Gasteiger partial charge in [-0.25, -0.2) is 4.79 Å². The Kier molecular flexibility index (Phi) is 14.9. The number of hydrogen-bond acceptors (Lipinski definition) is 6. The Balaban J connectivity index is 1.07. The van der Waals surface area contributed by atoms with Crippen LogP contribution in [0.15, 0.2) is 103 Å². The summed E-state index contributed by atoms with van der Waals surface area (Å²) in [6, 6.07) is 30.9.